The number of morpholine rings is 1. The molecule has 1 N–H and O–H groups in total. The third-order valence-electron chi connectivity index (χ3n) is 4.27. The summed E-state index contributed by atoms with van der Waals surface area (Å²) in [4.78, 5) is 6.82. The van der Waals surface area contributed by atoms with E-state index in [9.17, 15) is 0 Å². The lowest BCUT2D eigenvalue weighted by molar-refractivity contribution is -0.0134. The van der Waals surface area contributed by atoms with Gasteiger partial charge in [-0.05, 0) is 23.8 Å². The van der Waals surface area contributed by atoms with Gasteiger partial charge < -0.3 is 10.1 Å². The summed E-state index contributed by atoms with van der Waals surface area (Å²) in [6.07, 6.45) is 5.06. The Bertz CT molecular complexity index is 403. The monoisotopic (exact) mass is 293 g/mol. The molecule has 0 saturated carbocycles. The van der Waals surface area contributed by atoms with Gasteiger partial charge in [-0.2, -0.15) is 11.8 Å². The summed E-state index contributed by atoms with van der Waals surface area (Å²) in [7, 11) is 0. The second-order valence-corrected chi connectivity index (χ2v) is 6.70. The summed E-state index contributed by atoms with van der Waals surface area (Å²) >= 11 is 2.09. The van der Waals surface area contributed by atoms with Crippen LogP contribution in [0.3, 0.4) is 0 Å². The van der Waals surface area contributed by atoms with Crippen molar-refractivity contribution in [3.8, 4) is 0 Å². The van der Waals surface area contributed by atoms with Crippen LogP contribution in [0.5, 0.6) is 0 Å². The average Bonchev–Trinajstić information content (AvgIpc) is 2.99. The molecule has 3 heterocycles. The van der Waals surface area contributed by atoms with Crippen molar-refractivity contribution in [3.05, 3.63) is 30.1 Å². The maximum atomic E-state index is 5.50. The minimum absolute atomic E-state index is 0.330. The molecule has 0 aliphatic carbocycles. The van der Waals surface area contributed by atoms with Crippen molar-refractivity contribution in [1.29, 1.82) is 0 Å². The smallest absolute Gasteiger partial charge is 0.0594 e. The van der Waals surface area contributed by atoms with Crippen LogP contribution in [-0.2, 0) is 11.3 Å². The van der Waals surface area contributed by atoms with Crippen LogP contribution in [0, 0.1) is 0 Å². The maximum absolute atomic E-state index is 5.50. The summed E-state index contributed by atoms with van der Waals surface area (Å²) in [5.41, 5.74) is 1.59. The average molecular weight is 293 g/mol. The molecule has 0 spiro atoms. The molecule has 3 rings (SSSR count). The van der Waals surface area contributed by atoms with Gasteiger partial charge in [0.15, 0.2) is 0 Å². The number of pyridine rings is 1. The fourth-order valence-corrected chi connectivity index (χ4v) is 4.55. The Kier molecular flexibility index (Phi) is 4.94. The van der Waals surface area contributed by atoms with Crippen LogP contribution in [0.1, 0.15) is 12.0 Å². The number of thioether (sulfide) groups is 1. The number of ether oxygens (including phenoxy) is 1. The van der Waals surface area contributed by atoms with E-state index in [1.807, 2.05) is 18.5 Å². The highest BCUT2D eigenvalue weighted by Crippen LogP contribution is 2.33. The third kappa shape index (κ3) is 3.34. The van der Waals surface area contributed by atoms with Crippen LogP contribution in [0.2, 0.25) is 0 Å². The van der Waals surface area contributed by atoms with Crippen molar-refractivity contribution in [2.45, 2.75) is 18.5 Å². The Balaban J connectivity index is 1.57. The summed E-state index contributed by atoms with van der Waals surface area (Å²) in [6.45, 7) is 5.90. The van der Waals surface area contributed by atoms with Crippen LogP contribution in [0.15, 0.2) is 24.5 Å². The minimum atomic E-state index is 0.330. The lowest BCUT2D eigenvalue weighted by Crippen LogP contribution is -2.58. The first kappa shape index (κ1) is 14.3. The number of rotatable bonds is 5. The molecule has 20 heavy (non-hydrogen) atoms. The first-order valence-corrected chi connectivity index (χ1v) is 8.55. The van der Waals surface area contributed by atoms with Crippen molar-refractivity contribution < 1.29 is 4.74 Å². The molecule has 110 valence electrons. The van der Waals surface area contributed by atoms with E-state index in [1.165, 1.54) is 23.5 Å². The molecular formula is C15H23N3OS. The number of aromatic nitrogens is 1. The Morgan fingerprint density at radius 2 is 2.30 bits per heavy atom. The lowest BCUT2D eigenvalue weighted by atomic mass is 9.95. The molecule has 2 fully saturated rings. The predicted molar refractivity (Wildman–Crippen MR) is 83.0 cm³/mol. The maximum Gasteiger partial charge on any atom is 0.0594 e. The second kappa shape index (κ2) is 6.89. The highest BCUT2D eigenvalue weighted by atomic mass is 32.2. The fraction of sp³-hybridized carbons (Fsp3) is 0.667. The van der Waals surface area contributed by atoms with Gasteiger partial charge in [0.2, 0.25) is 0 Å². The van der Waals surface area contributed by atoms with E-state index >= 15 is 0 Å². The molecule has 2 saturated heterocycles. The third-order valence-corrected chi connectivity index (χ3v) is 5.50. The molecule has 0 aromatic carbocycles. The number of nitrogens with one attached hydrogen (secondary N) is 1. The lowest BCUT2D eigenvalue weighted by Gasteiger charge is -2.43. The van der Waals surface area contributed by atoms with Gasteiger partial charge in [0, 0.05) is 49.9 Å². The van der Waals surface area contributed by atoms with Gasteiger partial charge in [0.1, 0.15) is 0 Å². The number of hydrogen-bond acceptors (Lipinski definition) is 5. The molecule has 0 radical (unpaired) electrons. The van der Waals surface area contributed by atoms with Crippen LogP contribution >= 0.6 is 11.8 Å². The van der Waals surface area contributed by atoms with Gasteiger partial charge in [0.05, 0.1) is 13.2 Å². The Hall–Kier alpha value is -0.620. The molecule has 0 bridgehead atoms. The van der Waals surface area contributed by atoms with E-state index in [4.69, 9.17) is 4.74 Å². The Morgan fingerprint density at radius 1 is 1.40 bits per heavy atom. The van der Waals surface area contributed by atoms with Gasteiger partial charge >= 0.3 is 0 Å². The van der Waals surface area contributed by atoms with Gasteiger partial charge in [0.25, 0.3) is 0 Å². The molecule has 1 atom stereocenters. The topological polar surface area (TPSA) is 37.4 Å². The van der Waals surface area contributed by atoms with Crippen LogP contribution in [0.4, 0.5) is 0 Å². The Labute approximate surface area is 125 Å². The molecule has 1 aromatic rings. The van der Waals surface area contributed by atoms with Crippen molar-refractivity contribution in [3.63, 3.8) is 0 Å². The summed E-state index contributed by atoms with van der Waals surface area (Å²) in [5, 5.41) is 3.65. The molecule has 2 aliphatic rings. The van der Waals surface area contributed by atoms with Crippen molar-refractivity contribution >= 4 is 11.8 Å². The van der Waals surface area contributed by atoms with Gasteiger partial charge in [-0.3, -0.25) is 9.88 Å². The standard InChI is InChI=1S/C15H23N3OS/c1-2-14(10-16-4-1)11-17-12-15(3-9-20-13-15)18-5-7-19-8-6-18/h1-2,4,10,17H,3,5-9,11-13H2. The SMILES string of the molecule is c1cncc(CNCC2(N3CCOCC3)CCSC2)c1. The zero-order valence-electron chi connectivity index (χ0n) is 11.9. The van der Waals surface area contributed by atoms with Crippen LogP contribution < -0.4 is 5.32 Å². The van der Waals surface area contributed by atoms with E-state index in [0.717, 1.165) is 39.4 Å². The first-order chi connectivity index (χ1) is 9.89. The highest BCUT2D eigenvalue weighted by Gasteiger charge is 2.40. The molecular weight excluding hydrogens is 270 g/mol. The van der Waals surface area contributed by atoms with E-state index in [0.29, 0.717) is 5.54 Å². The molecule has 4 nitrogen and oxygen atoms in total. The zero-order chi connectivity index (χ0) is 13.7. The second-order valence-electron chi connectivity index (χ2n) is 5.59. The summed E-state index contributed by atoms with van der Waals surface area (Å²) in [6, 6.07) is 4.13. The quantitative estimate of drug-likeness (QED) is 0.888. The first-order valence-electron chi connectivity index (χ1n) is 7.39. The van der Waals surface area contributed by atoms with E-state index in [-0.39, 0.29) is 0 Å². The Morgan fingerprint density at radius 3 is 3.00 bits per heavy atom. The molecule has 1 aromatic heterocycles. The highest BCUT2D eigenvalue weighted by molar-refractivity contribution is 7.99. The van der Waals surface area contributed by atoms with Crippen LogP contribution in [0.25, 0.3) is 0 Å². The molecule has 0 amide bonds. The van der Waals surface area contributed by atoms with Crippen molar-refractivity contribution in [2.24, 2.45) is 0 Å². The van der Waals surface area contributed by atoms with Gasteiger partial charge in [-0.25, -0.2) is 0 Å². The molecule has 5 heteroatoms. The van der Waals surface area contributed by atoms with Gasteiger partial charge in [-0.1, -0.05) is 6.07 Å². The zero-order valence-corrected chi connectivity index (χ0v) is 12.7. The molecule has 1 unspecified atom stereocenters. The fourth-order valence-electron chi connectivity index (χ4n) is 3.08. The minimum Gasteiger partial charge on any atom is -0.379 e. The van der Waals surface area contributed by atoms with E-state index < -0.39 is 0 Å². The van der Waals surface area contributed by atoms with Gasteiger partial charge in [-0.15, -0.1) is 0 Å². The molecule has 2 aliphatic heterocycles. The summed E-state index contributed by atoms with van der Waals surface area (Å²) < 4.78 is 5.50. The number of hydrogen-bond donors (Lipinski definition) is 1. The van der Waals surface area contributed by atoms with Crippen LogP contribution in [-0.4, -0.2) is 59.8 Å². The normalized spacial score (nSPS) is 27.8. The van der Waals surface area contributed by atoms with Crippen molar-refractivity contribution in [2.75, 3.05) is 44.4 Å². The number of nitrogens with zero attached hydrogens (tertiary/aromatic N) is 2. The van der Waals surface area contributed by atoms with Crippen molar-refractivity contribution in [1.82, 2.24) is 15.2 Å². The van der Waals surface area contributed by atoms with E-state index in [2.05, 4.69) is 33.0 Å². The largest absolute Gasteiger partial charge is 0.379 e. The predicted octanol–water partition coefficient (Wildman–Crippen LogP) is 1.38. The van der Waals surface area contributed by atoms with E-state index in [1.54, 1.807) is 0 Å². The summed E-state index contributed by atoms with van der Waals surface area (Å²) in [5.74, 6) is 2.53.